The molecule has 0 N–H and O–H groups in total. The van der Waals surface area contributed by atoms with Gasteiger partial charge in [-0.1, -0.05) is 20.8 Å². The number of methoxy groups -OCH3 is 1. The maximum Gasteiger partial charge on any atom is 0.305 e. The van der Waals surface area contributed by atoms with Crippen molar-refractivity contribution in [2.45, 2.75) is 118 Å². The van der Waals surface area contributed by atoms with E-state index in [9.17, 15) is 19.2 Å². The molecule has 0 unspecified atom stereocenters. The molecule has 8 heteroatoms. The van der Waals surface area contributed by atoms with Gasteiger partial charge in [0.15, 0.2) is 0 Å². The first-order chi connectivity index (χ1) is 18.3. The molecule has 8 nitrogen and oxygen atoms in total. The SMILES string of the molecule is COC(=O)CC[C@@H](C)[C@H]1CC[C@H]2[C@@H]3[C@H](OC(C)=O)[C@H](OC(C)=O)[C@@H]4C[C@H](OC(C)=O)CC[C@]4(C)[C@@H]3CC[C@]12C. The van der Waals surface area contributed by atoms with Crippen LogP contribution >= 0.6 is 0 Å². The largest absolute Gasteiger partial charge is 0.469 e. The van der Waals surface area contributed by atoms with Crippen LogP contribution < -0.4 is 0 Å². The number of hydrogen-bond acceptors (Lipinski definition) is 8. The normalized spacial score (nSPS) is 41.7. The zero-order chi connectivity index (χ0) is 28.7. The number of rotatable bonds is 7. The van der Waals surface area contributed by atoms with Crippen molar-refractivity contribution in [2.24, 2.45) is 46.3 Å². The average molecular weight is 549 g/mol. The molecule has 4 rings (SSSR count). The molecule has 0 spiro atoms. The van der Waals surface area contributed by atoms with Gasteiger partial charge in [0.2, 0.25) is 0 Å². The Balaban J connectivity index is 1.69. The minimum atomic E-state index is -0.575. The quantitative estimate of drug-likeness (QED) is 0.314. The minimum absolute atomic E-state index is 0.0496. The molecular formula is C31H48O8. The molecule has 220 valence electrons. The molecule has 0 bridgehead atoms. The molecule has 0 aromatic carbocycles. The maximum atomic E-state index is 12.5. The summed E-state index contributed by atoms with van der Waals surface area (Å²) < 4.78 is 22.7. The van der Waals surface area contributed by atoms with Crippen molar-refractivity contribution in [3.05, 3.63) is 0 Å². The summed E-state index contributed by atoms with van der Waals surface area (Å²) in [7, 11) is 1.44. The van der Waals surface area contributed by atoms with Crippen LogP contribution in [0.5, 0.6) is 0 Å². The first kappa shape index (κ1) is 29.9. The zero-order valence-corrected chi connectivity index (χ0v) is 24.8. The second-order valence-corrected chi connectivity index (χ2v) is 13.4. The Morgan fingerprint density at radius 3 is 1.97 bits per heavy atom. The van der Waals surface area contributed by atoms with Crippen molar-refractivity contribution in [1.82, 2.24) is 0 Å². The van der Waals surface area contributed by atoms with Crippen LogP contribution in [0.15, 0.2) is 0 Å². The van der Waals surface area contributed by atoms with E-state index < -0.39 is 12.2 Å². The highest BCUT2D eigenvalue weighted by atomic mass is 16.6. The number of ether oxygens (including phenoxy) is 4. The van der Waals surface area contributed by atoms with Crippen LogP contribution in [0.3, 0.4) is 0 Å². The van der Waals surface area contributed by atoms with Gasteiger partial charge in [0.05, 0.1) is 7.11 Å². The second-order valence-electron chi connectivity index (χ2n) is 13.4. The summed E-state index contributed by atoms with van der Waals surface area (Å²) in [6.45, 7) is 11.3. The third kappa shape index (κ3) is 5.58. The Morgan fingerprint density at radius 1 is 0.769 bits per heavy atom. The van der Waals surface area contributed by atoms with Crippen LogP contribution in [0.25, 0.3) is 0 Å². The van der Waals surface area contributed by atoms with Crippen molar-refractivity contribution in [3.63, 3.8) is 0 Å². The molecule has 0 saturated heterocycles. The van der Waals surface area contributed by atoms with E-state index in [1.807, 2.05) is 0 Å². The van der Waals surface area contributed by atoms with Gasteiger partial charge < -0.3 is 18.9 Å². The van der Waals surface area contributed by atoms with Gasteiger partial charge in [0.25, 0.3) is 0 Å². The Labute approximate surface area is 233 Å². The van der Waals surface area contributed by atoms with Crippen molar-refractivity contribution in [2.75, 3.05) is 7.11 Å². The smallest absolute Gasteiger partial charge is 0.305 e. The van der Waals surface area contributed by atoms with Gasteiger partial charge in [-0.3, -0.25) is 19.2 Å². The highest BCUT2D eigenvalue weighted by Gasteiger charge is 2.67. The second kappa shape index (κ2) is 11.4. The molecule has 0 aromatic heterocycles. The fourth-order valence-electron chi connectivity index (χ4n) is 9.81. The predicted octanol–water partition coefficient (Wildman–Crippen LogP) is 5.25. The van der Waals surface area contributed by atoms with Gasteiger partial charge >= 0.3 is 23.9 Å². The van der Waals surface area contributed by atoms with E-state index in [1.165, 1.54) is 27.9 Å². The summed E-state index contributed by atoms with van der Waals surface area (Å²) in [6.07, 6.45) is 6.38. The first-order valence-corrected chi connectivity index (χ1v) is 14.9. The molecule has 0 aromatic rings. The Bertz CT molecular complexity index is 962. The van der Waals surface area contributed by atoms with Crippen LogP contribution in [-0.4, -0.2) is 49.3 Å². The number of carbonyl (C=O) groups excluding carboxylic acids is 4. The van der Waals surface area contributed by atoms with Gasteiger partial charge in [-0.2, -0.15) is 0 Å². The van der Waals surface area contributed by atoms with Crippen LogP contribution in [0, 0.1) is 46.3 Å². The van der Waals surface area contributed by atoms with Crippen molar-refractivity contribution >= 4 is 23.9 Å². The highest BCUT2D eigenvalue weighted by Crippen LogP contribution is 2.69. The van der Waals surface area contributed by atoms with Gasteiger partial charge in [-0.25, -0.2) is 0 Å². The molecular weight excluding hydrogens is 500 g/mol. The summed E-state index contributed by atoms with van der Waals surface area (Å²) in [5, 5.41) is 0. The predicted molar refractivity (Wildman–Crippen MR) is 143 cm³/mol. The number of hydrogen-bond donors (Lipinski definition) is 0. The summed E-state index contributed by atoms with van der Waals surface area (Å²) in [4.78, 5) is 48.6. The van der Waals surface area contributed by atoms with E-state index in [1.54, 1.807) is 0 Å². The maximum absolute atomic E-state index is 12.5. The first-order valence-electron chi connectivity index (χ1n) is 14.9. The summed E-state index contributed by atoms with van der Waals surface area (Å²) in [5.41, 5.74) is -0.0674. The van der Waals surface area contributed by atoms with E-state index in [0.29, 0.717) is 36.5 Å². The number of carbonyl (C=O) groups is 4. The van der Waals surface area contributed by atoms with Crippen LogP contribution in [0.4, 0.5) is 0 Å². The van der Waals surface area contributed by atoms with Crippen LogP contribution in [0.1, 0.15) is 99.3 Å². The monoisotopic (exact) mass is 548 g/mol. The Hall–Kier alpha value is -2.12. The van der Waals surface area contributed by atoms with E-state index in [4.69, 9.17) is 18.9 Å². The Morgan fingerprint density at radius 2 is 1.36 bits per heavy atom. The zero-order valence-electron chi connectivity index (χ0n) is 24.8. The van der Waals surface area contributed by atoms with Gasteiger partial charge in [0.1, 0.15) is 18.3 Å². The molecule has 0 radical (unpaired) electrons. The molecule has 4 fully saturated rings. The summed E-state index contributed by atoms with van der Waals surface area (Å²) >= 11 is 0. The van der Waals surface area contributed by atoms with Gasteiger partial charge in [-0.15, -0.1) is 0 Å². The third-order valence-electron chi connectivity index (χ3n) is 11.4. The van der Waals surface area contributed by atoms with Gasteiger partial charge in [-0.05, 0) is 85.9 Å². The van der Waals surface area contributed by atoms with E-state index >= 15 is 0 Å². The topological polar surface area (TPSA) is 105 Å². The number of fused-ring (bicyclic) bond motifs is 5. The fourth-order valence-corrected chi connectivity index (χ4v) is 9.81. The molecule has 0 heterocycles. The fraction of sp³-hybridized carbons (Fsp3) is 0.871. The molecule has 4 aliphatic rings. The lowest BCUT2D eigenvalue weighted by molar-refractivity contribution is -0.242. The third-order valence-corrected chi connectivity index (χ3v) is 11.4. The molecule has 4 saturated carbocycles. The average Bonchev–Trinajstić information content (AvgIpc) is 3.21. The molecule has 39 heavy (non-hydrogen) atoms. The Kier molecular flexibility index (Phi) is 8.73. The minimum Gasteiger partial charge on any atom is -0.469 e. The molecule has 0 aliphatic heterocycles. The lowest BCUT2D eigenvalue weighted by atomic mass is 9.43. The highest BCUT2D eigenvalue weighted by molar-refractivity contribution is 5.69. The van der Waals surface area contributed by atoms with Crippen molar-refractivity contribution in [3.8, 4) is 0 Å². The molecule has 4 aliphatic carbocycles. The van der Waals surface area contributed by atoms with E-state index in [0.717, 1.165) is 44.9 Å². The molecule has 11 atom stereocenters. The summed E-state index contributed by atoms with van der Waals surface area (Å²) in [6, 6.07) is 0. The van der Waals surface area contributed by atoms with Crippen molar-refractivity contribution in [1.29, 1.82) is 0 Å². The van der Waals surface area contributed by atoms with Crippen LogP contribution in [-0.2, 0) is 38.1 Å². The standard InChI is InChI=1S/C31H48O8/c1-17(8-11-26(35)36-7)22-9-10-23-27-24(13-15-30(22,23)5)31(6)14-12-21(37-18(2)32)16-25(31)28(38-19(3)33)29(27)39-20(4)34/h17,21-25,27-29H,8-16H2,1-7H3/t17-,21-,22-,23+,24-,25+,27+,28-,29+,30-,31-/m1/s1. The van der Waals surface area contributed by atoms with Crippen LogP contribution in [0.2, 0.25) is 0 Å². The van der Waals surface area contributed by atoms with E-state index in [2.05, 4.69) is 20.8 Å². The van der Waals surface area contributed by atoms with E-state index in [-0.39, 0.29) is 52.6 Å². The summed E-state index contributed by atoms with van der Waals surface area (Å²) in [5.74, 6) is 0.289. The lowest BCUT2D eigenvalue weighted by Crippen LogP contribution is -2.65. The molecule has 0 amide bonds. The van der Waals surface area contributed by atoms with Crippen molar-refractivity contribution < 1.29 is 38.1 Å². The number of esters is 4. The van der Waals surface area contributed by atoms with Gasteiger partial charge in [0, 0.05) is 39.0 Å². The lowest BCUT2D eigenvalue weighted by Gasteiger charge is -2.64.